The molecule has 1 nitrogen and oxygen atoms in total. The normalized spacial score (nSPS) is 10.4. The topological polar surface area (TPSA) is 26.0 Å². The van der Waals surface area contributed by atoms with E-state index in [0.717, 1.165) is 6.54 Å². The third-order valence-corrected chi connectivity index (χ3v) is 4.06. The standard InChI is InChI=1S/C18H39N.2CHF3/c1-2-3-4-5-6-7-8-9-10-11-12-13-14-15-16-17-18-19;2*2-1(3)4/h2-19H2,1H3;2*1H. The molecule has 0 aliphatic carbocycles. The molecule has 27 heavy (non-hydrogen) atoms. The predicted octanol–water partition coefficient (Wildman–Crippen LogP) is 8.56. The van der Waals surface area contributed by atoms with Crippen LogP contribution < -0.4 is 5.73 Å². The fourth-order valence-corrected chi connectivity index (χ4v) is 2.69. The molecule has 168 valence electrons. The Bertz CT molecular complexity index is 203. The maximum Gasteiger partial charge on any atom is 0.379 e. The van der Waals surface area contributed by atoms with Crippen LogP contribution in [0.2, 0.25) is 0 Å². The van der Waals surface area contributed by atoms with Gasteiger partial charge in [0.05, 0.1) is 0 Å². The molecule has 0 saturated carbocycles. The molecule has 0 rings (SSSR count). The summed E-state index contributed by atoms with van der Waals surface area (Å²) in [6.07, 6.45) is 22.9. The highest BCUT2D eigenvalue weighted by Crippen LogP contribution is 2.13. The number of hydrogen-bond donors (Lipinski definition) is 1. The van der Waals surface area contributed by atoms with Crippen LogP contribution in [0.5, 0.6) is 0 Å². The molecular weight excluding hydrogens is 368 g/mol. The van der Waals surface area contributed by atoms with Gasteiger partial charge in [0.2, 0.25) is 0 Å². The van der Waals surface area contributed by atoms with Crippen molar-refractivity contribution in [3.05, 3.63) is 0 Å². The van der Waals surface area contributed by atoms with E-state index in [4.69, 9.17) is 5.73 Å². The lowest BCUT2D eigenvalue weighted by atomic mass is 10.0. The summed E-state index contributed by atoms with van der Waals surface area (Å²) in [5, 5.41) is 0. The molecule has 0 aliphatic rings. The highest BCUT2D eigenvalue weighted by atomic mass is 19.4. The predicted molar refractivity (Wildman–Crippen MR) is 103 cm³/mol. The Kier molecular flexibility index (Phi) is 35.0. The van der Waals surface area contributed by atoms with E-state index in [-0.39, 0.29) is 0 Å². The van der Waals surface area contributed by atoms with E-state index in [2.05, 4.69) is 6.92 Å². The molecule has 0 aromatic rings. The molecule has 7 heteroatoms. The monoisotopic (exact) mass is 409 g/mol. The largest absolute Gasteiger partial charge is 0.379 e. The van der Waals surface area contributed by atoms with Gasteiger partial charge < -0.3 is 5.73 Å². The van der Waals surface area contributed by atoms with E-state index in [1.165, 1.54) is 103 Å². The second-order valence-corrected chi connectivity index (χ2v) is 6.59. The van der Waals surface area contributed by atoms with Crippen molar-refractivity contribution in [1.82, 2.24) is 0 Å². The molecule has 0 fully saturated rings. The van der Waals surface area contributed by atoms with Gasteiger partial charge in [0.25, 0.3) is 0 Å². The Labute approximate surface area is 162 Å². The Morgan fingerprint density at radius 3 is 0.815 bits per heavy atom. The van der Waals surface area contributed by atoms with Crippen LogP contribution in [0.1, 0.15) is 110 Å². The van der Waals surface area contributed by atoms with Gasteiger partial charge in [-0.25, -0.2) is 0 Å². The summed E-state index contributed by atoms with van der Waals surface area (Å²) in [6, 6.07) is 0. The summed E-state index contributed by atoms with van der Waals surface area (Å²) in [6.45, 7) is -4.17. The van der Waals surface area contributed by atoms with Crippen molar-refractivity contribution in [3.63, 3.8) is 0 Å². The summed E-state index contributed by atoms with van der Waals surface area (Å²) < 4.78 is 58.0. The molecule has 0 bridgehead atoms. The van der Waals surface area contributed by atoms with Gasteiger partial charge in [0.15, 0.2) is 0 Å². The number of unbranched alkanes of at least 4 members (excludes halogenated alkanes) is 15. The van der Waals surface area contributed by atoms with Gasteiger partial charge in [0, 0.05) is 0 Å². The van der Waals surface area contributed by atoms with Gasteiger partial charge in [-0.05, 0) is 13.0 Å². The average Bonchev–Trinajstić information content (AvgIpc) is 2.57. The zero-order valence-corrected chi connectivity index (χ0v) is 17.0. The third kappa shape index (κ3) is 58.6. The van der Waals surface area contributed by atoms with Crippen LogP contribution in [0.3, 0.4) is 0 Å². The summed E-state index contributed by atoms with van der Waals surface area (Å²) >= 11 is 0. The molecule has 0 saturated heterocycles. The lowest BCUT2D eigenvalue weighted by molar-refractivity contribution is 0.00734. The number of rotatable bonds is 16. The molecule has 0 atom stereocenters. The second kappa shape index (κ2) is 30.3. The maximum absolute atomic E-state index is 9.67. The molecule has 0 amide bonds. The third-order valence-electron chi connectivity index (χ3n) is 4.06. The number of hydrogen-bond acceptors (Lipinski definition) is 1. The summed E-state index contributed by atoms with van der Waals surface area (Å²) in [7, 11) is 0. The van der Waals surface area contributed by atoms with Crippen molar-refractivity contribution in [2.24, 2.45) is 5.73 Å². The van der Waals surface area contributed by atoms with Crippen LogP contribution in [0.4, 0.5) is 26.3 Å². The number of alkyl halides is 6. The fraction of sp³-hybridized carbons (Fsp3) is 1.00. The molecule has 0 aromatic carbocycles. The molecule has 0 heterocycles. The van der Waals surface area contributed by atoms with Gasteiger partial charge in [0.1, 0.15) is 0 Å². The Hall–Kier alpha value is -0.460. The van der Waals surface area contributed by atoms with Crippen LogP contribution in [0, 0.1) is 0 Å². The number of nitrogens with two attached hydrogens (primary N) is 1. The van der Waals surface area contributed by atoms with Gasteiger partial charge in [-0.2, -0.15) is 26.3 Å². The van der Waals surface area contributed by atoms with Crippen molar-refractivity contribution in [2.75, 3.05) is 6.54 Å². The molecule has 0 unspecified atom stereocenters. The zero-order valence-electron chi connectivity index (χ0n) is 17.0. The highest BCUT2D eigenvalue weighted by molar-refractivity contribution is 4.49. The van der Waals surface area contributed by atoms with Crippen molar-refractivity contribution in [3.8, 4) is 0 Å². The van der Waals surface area contributed by atoms with Gasteiger partial charge in [-0.3, -0.25) is 0 Å². The van der Waals surface area contributed by atoms with Crippen molar-refractivity contribution in [2.45, 2.75) is 123 Å². The van der Waals surface area contributed by atoms with E-state index < -0.39 is 13.4 Å². The van der Waals surface area contributed by atoms with Gasteiger partial charge in [-0.15, -0.1) is 0 Å². The minimum absolute atomic E-state index is 0.873. The molecule has 0 spiro atoms. The molecule has 0 aliphatic heterocycles. The van der Waals surface area contributed by atoms with Gasteiger partial charge >= 0.3 is 13.4 Å². The van der Waals surface area contributed by atoms with E-state index in [1.54, 1.807) is 0 Å². The van der Waals surface area contributed by atoms with Crippen LogP contribution in [0.15, 0.2) is 0 Å². The van der Waals surface area contributed by atoms with E-state index in [1.807, 2.05) is 0 Å². The van der Waals surface area contributed by atoms with Crippen LogP contribution in [-0.4, -0.2) is 19.9 Å². The van der Waals surface area contributed by atoms with Crippen molar-refractivity contribution < 1.29 is 26.3 Å². The maximum atomic E-state index is 9.67. The van der Waals surface area contributed by atoms with Crippen molar-refractivity contribution >= 4 is 0 Å². The van der Waals surface area contributed by atoms with Crippen LogP contribution in [-0.2, 0) is 0 Å². The number of halogens is 6. The summed E-state index contributed by atoms with van der Waals surface area (Å²) in [5.41, 5.74) is 5.48. The lowest BCUT2D eigenvalue weighted by Gasteiger charge is -2.03. The first-order valence-corrected chi connectivity index (χ1v) is 10.4. The molecular formula is C20H41F6N. The quantitative estimate of drug-likeness (QED) is 0.200. The molecule has 0 aromatic heterocycles. The van der Waals surface area contributed by atoms with Crippen molar-refractivity contribution in [1.29, 1.82) is 0 Å². The zero-order chi connectivity index (χ0) is 21.2. The Morgan fingerprint density at radius 2 is 0.630 bits per heavy atom. The lowest BCUT2D eigenvalue weighted by Crippen LogP contribution is -1.97. The second-order valence-electron chi connectivity index (χ2n) is 6.59. The average molecular weight is 410 g/mol. The molecule has 0 radical (unpaired) electrons. The smallest absolute Gasteiger partial charge is 0.330 e. The highest BCUT2D eigenvalue weighted by Gasteiger charge is 1.94. The molecule has 2 N–H and O–H groups in total. The van der Waals surface area contributed by atoms with E-state index in [9.17, 15) is 26.3 Å². The summed E-state index contributed by atoms with van der Waals surface area (Å²) in [5.74, 6) is 0. The van der Waals surface area contributed by atoms with E-state index in [0.29, 0.717) is 0 Å². The first kappa shape index (κ1) is 31.2. The van der Waals surface area contributed by atoms with E-state index >= 15 is 0 Å². The van der Waals surface area contributed by atoms with Gasteiger partial charge in [-0.1, -0.05) is 103 Å². The first-order chi connectivity index (χ1) is 12.9. The van der Waals surface area contributed by atoms with Crippen LogP contribution in [0.25, 0.3) is 0 Å². The fourth-order valence-electron chi connectivity index (χ4n) is 2.69. The Balaban J connectivity index is -0.000000603. The minimum atomic E-state index is -3.67. The SMILES string of the molecule is CCCCCCCCCCCCCCCCCCN.FC(F)F.FC(F)F. The van der Waals surface area contributed by atoms with Crippen LogP contribution >= 0.6 is 0 Å². The minimum Gasteiger partial charge on any atom is -0.330 e. The first-order valence-electron chi connectivity index (χ1n) is 10.4. The Morgan fingerprint density at radius 1 is 0.444 bits per heavy atom. The summed E-state index contributed by atoms with van der Waals surface area (Å²) in [4.78, 5) is 0.